The predicted octanol–water partition coefficient (Wildman–Crippen LogP) is 2.34. The SMILES string of the molecule is NCc1cc(CN2CCC(N3CCCCC3)C2)ccc1F. The molecule has 1 aromatic carbocycles. The maximum atomic E-state index is 13.5. The molecule has 2 aliphatic heterocycles. The molecule has 21 heavy (non-hydrogen) atoms. The van der Waals surface area contributed by atoms with Gasteiger partial charge in [-0.25, -0.2) is 4.39 Å². The van der Waals surface area contributed by atoms with Gasteiger partial charge >= 0.3 is 0 Å². The molecule has 0 radical (unpaired) electrons. The average molecular weight is 291 g/mol. The molecule has 0 bridgehead atoms. The normalized spacial score (nSPS) is 24.6. The fourth-order valence-corrected chi connectivity index (χ4v) is 3.68. The lowest BCUT2D eigenvalue weighted by atomic mass is 10.1. The molecule has 1 unspecified atom stereocenters. The van der Waals surface area contributed by atoms with Crippen molar-refractivity contribution in [2.75, 3.05) is 26.2 Å². The first-order valence-electron chi connectivity index (χ1n) is 8.20. The van der Waals surface area contributed by atoms with Crippen LogP contribution in [-0.2, 0) is 13.1 Å². The molecule has 2 heterocycles. The van der Waals surface area contributed by atoms with Crippen LogP contribution in [0.1, 0.15) is 36.8 Å². The Hall–Kier alpha value is -0.970. The molecule has 2 aliphatic rings. The highest BCUT2D eigenvalue weighted by molar-refractivity contribution is 5.25. The lowest BCUT2D eigenvalue weighted by Crippen LogP contribution is -2.40. The highest BCUT2D eigenvalue weighted by atomic mass is 19.1. The van der Waals surface area contributed by atoms with Crippen LogP contribution in [0.5, 0.6) is 0 Å². The number of nitrogens with two attached hydrogens (primary N) is 1. The van der Waals surface area contributed by atoms with E-state index in [4.69, 9.17) is 5.73 Å². The fourth-order valence-electron chi connectivity index (χ4n) is 3.68. The number of rotatable bonds is 4. The van der Waals surface area contributed by atoms with E-state index in [1.54, 1.807) is 6.07 Å². The third-order valence-corrected chi connectivity index (χ3v) is 4.89. The molecular formula is C17H26FN3. The first-order valence-corrected chi connectivity index (χ1v) is 8.20. The van der Waals surface area contributed by atoms with Gasteiger partial charge in [0.05, 0.1) is 0 Å². The van der Waals surface area contributed by atoms with Gasteiger partial charge in [-0.2, -0.15) is 0 Å². The smallest absolute Gasteiger partial charge is 0.127 e. The van der Waals surface area contributed by atoms with E-state index >= 15 is 0 Å². The van der Waals surface area contributed by atoms with Gasteiger partial charge in [-0.3, -0.25) is 9.80 Å². The Bertz CT molecular complexity index is 471. The maximum Gasteiger partial charge on any atom is 0.127 e. The van der Waals surface area contributed by atoms with Crippen LogP contribution >= 0.6 is 0 Å². The lowest BCUT2D eigenvalue weighted by Gasteiger charge is -2.32. The zero-order valence-electron chi connectivity index (χ0n) is 12.7. The van der Waals surface area contributed by atoms with Crippen molar-refractivity contribution >= 4 is 0 Å². The van der Waals surface area contributed by atoms with E-state index in [0.717, 1.165) is 25.7 Å². The van der Waals surface area contributed by atoms with Crippen molar-refractivity contribution in [2.45, 2.75) is 44.8 Å². The van der Waals surface area contributed by atoms with Crippen LogP contribution in [-0.4, -0.2) is 42.0 Å². The molecule has 2 N–H and O–H groups in total. The number of piperidine rings is 1. The number of benzene rings is 1. The van der Waals surface area contributed by atoms with Crippen LogP contribution in [0.3, 0.4) is 0 Å². The standard InChI is InChI=1S/C17H26FN3/c18-17-5-4-14(10-15(17)11-19)12-20-9-6-16(13-20)21-7-2-1-3-8-21/h4-5,10,16H,1-3,6-9,11-13,19H2. The third kappa shape index (κ3) is 3.62. The van der Waals surface area contributed by atoms with Crippen LogP contribution in [0.25, 0.3) is 0 Å². The molecule has 3 rings (SSSR count). The fraction of sp³-hybridized carbons (Fsp3) is 0.647. The van der Waals surface area contributed by atoms with E-state index < -0.39 is 0 Å². The summed E-state index contributed by atoms with van der Waals surface area (Å²) in [4.78, 5) is 5.16. The van der Waals surface area contributed by atoms with Crippen molar-refractivity contribution in [1.82, 2.24) is 9.80 Å². The topological polar surface area (TPSA) is 32.5 Å². The summed E-state index contributed by atoms with van der Waals surface area (Å²) in [5.74, 6) is -0.186. The number of likely N-dealkylation sites (tertiary alicyclic amines) is 2. The van der Waals surface area contributed by atoms with Gasteiger partial charge in [0.1, 0.15) is 5.82 Å². The van der Waals surface area contributed by atoms with Gasteiger partial charge in [0.25, 0.3) is 0 Å². The van der Waals surface area contributed by atoms with E-state index in [2.05, 4.69) is 9.80 Å². The van der Waals surface area contributed by atoms with Crippen molar-refractivity contribution in [3.8, 4) is 0 Å². The Kier molecular flexibility index (Phi) is 4.88. The molecule has 4 heteroatoms. The minimum absolute atomic E-state index is 0.186. The van der Waals surface area contributed by atoms with Gasteiger partial charge in [-0.15, -0.1) is 0 Å². The van der Waals surface area contributed by atoms with E-state index in [9.17, 15) is 4.39 Å². The van der Waals surface area contributed by atoms with Crippen LogP contribution in [0, 0.1) is 5.82 Å². The Labute approximate surface area is 126 Å². The van der Waals surface area contributed by atoms with E-state index in [1.807, 2.05) is 12.1 Å². The molecule has 3 nitrogen and oxygen atoms in total. The highest BCUT2D eigenvalue weighted by Gasteiger charge is 2.28. The Balaban J connectivity index is 1.56. The monoisotopic (exact) mass is 291 g/mol. The van der Waals surface area contributed by atoms with Gasteiger partial charge in [-0.1, -0.05) is 18.6 Å². The molecular weight excluding hydrogens is 265 g/mol. The van der Waals surface area contributed by atoms with Crippen molar-refractivity contribution in [3.63, 3.8) is 0 Å². The van der Waals surface area contributed by atoms with Gasteiger partial charge in [-0.05, 0) is 44.0 Å². The molecule has 2 saturated heterocycles. The van der Waals surface area contributed by atoms with Crippen molar-refractivity contribution in [3.05, 3.63) is 35.1 Å². The van der Waals surface area contributed by atoms with Gasteiger partial charge in [0.15, 0.2) is 0 Å². The summed E-state index contributed by atoms with van der Waals surface area (Å²) >= 11 is 0. The molecule has 0 spiro atoms. The van der Waals surface area contributed by atoms with E-state index in [1.165, 1.54) is 44.3 Å². The van der Waals surface area contributed by atoms with E-state index in [-0.39, 0.29) is 12.4 Å². The second kappa shape index (κ2) is 6.86. The molecule has 0 amide bonds. The predicted molar refractivity (Wildman–Crippen MR) is 83.4 cm³/mol. The number of hydrogen-bond donors (Lipinski definition) is 1. The first kappa shape index (κ1) is 14.9. The molecule has 0 aliphatic carbocycles. The lowest BCUT2D eigenvalue weighted by molar-refractivity contribution is 0.161. The van der Waals surface area contributed by atoms with Crippen molar-refractivity contribution < 1.29 is 4.39 Å². The van der Waals surface area contributed by atoms with Crippen LogP contribution < -0.4 is 5.73 Å². The Morgan fingerprint density at radius 2 is 1.95 bits per heavy atom. The molecule has 0 aromatic heterocycles. The molecule has 1 aromatic rings. The summed E-state index contributed by atoms with van der Waals surface area (Å²) in [6, 6.07) is 6.09. The van der Waals surface area contributed by atoms with Gasteiger partial charge < -0.3 is 5.73 Å². The van der Waals surface area contributed by atoms with Crippen molar-refractivity contribution in [1.29, 1.82) is 0 Å². The summed E-state index contributed by atoms with van der Waals surface area (Å²) in [5, 5.41) is 0. The summed E-state index contributed by atoms with van der Waals surface area (Å²) in [5.41, 5.74) is 7.39. The Morgan fingerprint density at radius 1 is 1.14 bits per heavy atom. The van der Waals surface area contributed by atoms with Crippen LogP contribution in [0.2, 0.25) is 0 Å². The largest absolute Gasteiger partial charge is 0.326 e. The third-order valence-electron chi connectivity index (χ3n) is 4.89. The zero-order chi connectivity index (χ0) is 14.7. The minimum Gasteiger partial charge on any atom is -0.326 e. The minimum atomic E-state index is -0.186. The number of hydrogen-bond acceptors (Lipinski definition) is 3. The van der Waals surface area contributed by atoms with Crippen molar-refractivity contribution in [2.24, 2.45) is 5.73 Å². The van der Waals surface area contributed by atoms with Crippen LogP contribution in [0.4, 0.5) is 4.39 Å². The second-order valence-electron chi connectivity index (χ2n) is 6.40. The van der Waals surface area contributed by atoms with Gasteiger partial charge in [0.2, 0.25) is 0 Å². The number of halogens is 1. The molecule has 2 fully saturated rings. The Morgan fingerprint density at radius 3 is 2.71 bits per heavy atom. The summed E-state index contributed by atoms with van der Waals surface area (Å²) < 4.78 is 13.5. The average Bonchev–Trinajstić information content (AvgIpc) is 2.98. The quantitative estimate of drug-likeness (QED) is 0.924. The van der Waals surface area contributed by atoms with E-state index in [0.29, 0.717) is 5.56 Å². The zero-order valence-corrected chi connectivity index (χ0v) is 12.7. The summed E-state index contributed by atoms with van der Waals surface area (Å²) in [6.45, 7) is 6.03. The second-order valence-corrected chi connectivity index (χ2v) is 6.40. The molecule has 1 atom stereocenters. The maximum absolute atomic E-state index is 13.5. The highest BCUT2D eigenvalue weighted by Crippen LogP contribution is 2.22. The summed E-state index contributed by atoms with van der Waals surface area (Å²) in [6.07, 6.45) is 5.37. The number of nitrogens with zero attached hydrogens (tertiary/aromatic N) is 2. The van der Waals surface area contributed by atoms with Crippen LogP contribution in [0.15, 0.2) is 18.2 Å². The van der Waals surface area contributed by atoms with Gasteiger partial charge in [0, 0.05) is 37.8 Å². The molecule has 0 saturated carbocycles. The summed E-state index contributed by atoms with van der Waals surface area (Å²) in [7, 11) is 0. The first-order chi connectivity index (χ1) is 10.3. The molecule has 116 valence electrons.